The summed E-state index contributed by atoms with van der Waals surface area (Å²) in [6, 6.07) is 5.55. The van der Waals surface area contributed by atoms with E-state index in [0.29, 0.717) is 18.8 Å². The van der Waals surface area contributed by atoms with E-state index < -0.39 is 5.41 Å². The number of nitriles is 1. The smallest absolute Gasteiger partial charge is 0.313 e. The van der Waals surface area contributed by atoms with Crippen molar-refractivity contribution < 1.29 is 9.53 Å². The summed E-state index contributed by atoms with van der Waals surface area (Å²) in [5.41, 5.74) is 0.882. The van der Waals surface area contributed by atoms with Crippen LogP contribution in [-0.2, 0) is 9.53 Å². The number of ether oxygens (including phenoxy) is 1. The number of aromatic nitrogens is 1. The van der Waals surface area contributed by atoms with Crippen LogP contribution in [0, 0.1) is 16.7 Å². The van der Waals surface area contributed by atoms with Gasteiger partial charge in [-0.1, -0.05) is 0 Å². The zero-order chi connectivity index (χ0) is 13.9. The number of hydrogen-bond donors (Lipinski definition) is 0. The summed E-state index contributed by atoms with van der Waals surface area (Å²) in [7, 11) is 0. The maximum atomic E-state index is 11.9. The van der Waals surface area contributed by atoms with Crippen LogP contribution in [-0.4, -0.2) is 30.6 Å². The molecule has 1 atom stereocenters. The molecule has 1 aliphatic rings. The Balaban J connectivity index is 2.09. The minimum absolute atomic E-state index is 0.140. The average Bonchev–Trinajstić information content (AvgIpc) is 2.83. The number of carbonyl (C=O) groups excluding carboxylic acids is 1. The van der Waals surface area contributed by atoms with Crippen molar-refractivity contribution in [1.82, 2.24) is 4.98 Å². The topological polar surface area (TPSA) is 66.2 Å². The number of hydrogen-bond acceptors (Lipinski definition) is 5. The van der Waals surface area contributed by atoms with Crippen LogP contribution in [0.5, 0.6) is 0 Å². The van der Waals surface area contributed by atoms with Gasteiger partial charge in [0.05, 0.1) is 23.9 Å². The molecule has 1 saturated heterocycles. The SMILES string of the molecule is CCOC(=O)C1(C)CCN(c2ccc(C#N)nc2)C1. The molecule has 0 aromatic carbocycles. The fourth-order valence-corrected chi connectivity index (χ4v) is 2.29. The fraction of sp³-hybridized carbons (Fsp3) is 0.500. The molecule has 0 radical (unpaired) electrons. The van der Waals surface area contributed by atoms with Crippen LogP contribution in [0.15, 0.2) is 18.3 Å². The Bertz CT molecular complexity index is 506. The molecule has 0 N–H and O–H groups in total. The van der Waals surface area contributed by atoms with Crippen LogP contribution in [0.25, 0.3) is 0 Å². The molecule has 1 aliphatic heterocycles. The average molecular weight is 259 g/mol. The van der Waals surface area contributed by atoms with Crippen molar-refractivity contribution in [2.24, 2.45) is 5.41 Å². The van der Waals surface area contributed by atoms with Crippen LogP contribution < -0.4 is 4.90 Å². The van der Waals surface area contributed by atoms with Gasteiger partial charge in [0.15, 0.2) is 0 Å². The molecule has 1 aromatic heterocycles. The predicted molar refractivity (Wildman–Crippen MR) is 70.5 cm³/mol. The van der Waals surface area contributed by atoms with Gasteiger partial charge in [0.2, 0.25) is 0 Å². The van der Waals surface area contributed by atoms with E-state index in [1.807, 2.05) is 26.0 Å². The Morgan fingerprint density at radius 2 is 2.42 bits per heavy atom. The van der Waals surface area contributed by atoms with Crippen molar-refractivity contribution in [1.29, 1.82) is 5.26 Å². The highest BCUT2D eigenvalue weighted by Crippen LogP contribution is 2.34. The highest BCUT2D eigenvalue weighted by molar-refractivity contribution is 5.78. The summed E-state index contributed by atoms with van der Waals surface area (Å²) in [5, 5.41) is 8.72. The van der Waals surface area contributed by atoms with Crippen LogP contribution in [0.4, 0.5) is 5.69 Å². The summed E-state index contributed by atoms with van der Waals surface area (Å²) >= 11 is 0. The van der Waals surface area contributed by atoms with E-state index in [9.17, 15) is 4.79 Å². The Hall–Kier alpha value is -2.09. The van der Waals surface area contributed by atoms with E-state index in [1.165, 1.54) is 0 Å². The first-order valence-electron chi connectivity index (χ1n) is 6.37. The van der Waals surface area contributed by atoms with Crippen molar-refractivity contribution in [3.05, 3.63) is 24.0 Å². The van der Waals surface area contributed by atoms with E-state index >= 15 is 0 Å². The third-order valence-corrected chi connectivity index (χ3v) is 3.47. The molecule has 0 saturated carbocycles. The third kappa shape index (κ3) is 2.68. The van der Waals surface area contributed by atoms with Gasteiger partial charge < -0.3 is 9.64 Å². The number of nitrogens with zero attached hydrogens (tertiary/aromatic N) is 3. The molecule has 100 valence electrons. The van der Waals surface area contributed by atoms with Gasteiger partial charge in [-0.05, 0) is 32.4 Å². The fourth-order valence-electron chi connectivity index (χ4n) is 2.29. The van der Waals surface area contributed by atoms with E-state index in [2.05, 4.69) is 9.88 Å². The minimum Gasteiger partial charge on any atom is -0.466 e. The van der Waals surface area contributed by atoms with Crippen molar-refractivity contribution in [2.75, 3.05) is 24.6 Å². The van der Waals surface area contributed by atoms with Crippen molar-refractivity contribution >= 4 is 11.7 Å². The molecule has 0 spiro atoms. The van der Waals surface area contributed by atoms with Gasteiger partial charge in [-0.2, -0.15) is 5.26 Å². The number of carbonyl (C=O) groups is 1. The summed E-state index contributed by atoms with van der Waals surface area (Å²) in [6.45, 7) is 5.58. The van der Waals surface area contributed by atoms with Crippen molar-refractivity contribution in [2.45, 2.75) is 20.3 Å². The first-order valence-corrected chi connectivity index (χ1v) is 6.37. The van der Waals surface area contributed by atoms with Gasteiger partial charge in [0.1, 0.15) is 11.8 Å². The lowest BCUT2D eigenvalue weighted by Crippen LogP contribution is -2.33. The highest BCUT2D eigenvalue weighted by atomic mass is 16.5. The second-order valence-electron chi connectivity index (χ2n) is 4.97. The Kier molecular flexibility index (Phi) is 3.70. The Morgan fingerprint density at radius 1 is 1.63 bits per heavy atom. The number of esters is 1. The summed E-state index contributed by atoms with van der Waals surface area (Å²) in [4.78, 5) is 18.1. The lowest BCUT2D eigenvalue weighted by atomic mass is 9.90. The Morgan fingerprint density at radius 3 is 3.00 bits per heavy atom. The first kappa shape index (κ1) is 13.3. The van der Waals surface area contributed by atoms with Gasteiger partial charge in [-0.15, -0.1) is 0 Å². The van der Waals surface area contributed by atoms with Gasteiger partial charge in [-0.25, -0.2) is 4.98 Å². The third-order valence-electron chi connectivity index (χ3n) is 3.47. The standard InChI is InChI=1S/C14H17N3O2/c1-3-19-13(18)14(2)6-7-17(10-14)12-5-4-11(8-15)16-9-12/h4-5,9H,3,6-7,10H2,1-2H3. The molecule has 2 rings (SSSR count). The molecule has 0 amide bonds. The Labute approximate surface area is 112 Å². The molecule has 5 nitrogen and oxygen atoms in total. The second kappa shape index (κ2) is 5.27. The monoisotopic (exact) mass is 259 g/mol. The van der Waals surface area contributed by atoms with Crippen LogP contribution in [0.3, 0.4) is 0 Å². The summed E-state index contributed by atoms with van der Waals surface area (Å²) in [5.74, 6) is -0.140. The highest BCUT2D eigenvalue weighted by Gasteiger charge is 2.41. The van der Waals surface area contributed by atoms with Crippen LogP contribution in [0.2, 0.25) is 0 Å². The number of pyridine rings is 1. The lowest BCUT2D eigenvalue weighted by Gasteiger charge is -2.23. The second-order valence-corrected chi connectivity index (χ2v) is 4.97. The summed E-state index contributed by atoms with van der Waals surface area (Å²) in [6.07, 6.45) is 2.45. The van der Waals surface area contributed by atoms with Crippen molar-refractivity contribution in [3.63, 3.8) is 0 Å². The largest absolute Gasteiger partial charge is 0.466 e. The molecular weight excluding hydrogens is 242 g/mol. The minimum atomic E-state index is -0.454. The van der Waals surface area contributed by atoms with E-state index in [1.54, 1.807) is 12.3 Å². The molecule has 1 aromatic rings. The zero-order valence-electron chi connectivity index (χ0n) is 11.2. The van der Waals surface area contributed by atoms with Gasteiger partial charge in [0.25, 0.3) is 0 Å². The molecule has 0 bridgehead atoms. The quantitative estimate of drug-likeness (QED) is 0.773. The molecule has 5 heteroatoms. The lowest BCUT2D eigenvalue weighted by molar-refractivity contribution is -0.153. The van der Waals surface area contributed by atoms with Crippen molar-refractivity contribution in [3.8, 4) is 6.07 Å². The van der Waals surface area contributed by atoms with Crippen LogP contribution in [0.1, 0.15) is 26.0 Å². The number of anilines is 1. The molecule has 0 aliphatic carbocycles. The first-order chi connectivity index (χ1) is 9.09. The maximum absolute atomic E-state index is 11.9. The van der Waals surface area contributed by atoms with Gasteiger partial charge in [0, 0.05) is 13.1 Å². The molecule has 1 unspecified atom stereocenters. The zero-order valence-corrected chi connectivity index (χ0v) is 11.2. The van der Waals surface area contributed by atoms with Gasteiger partial charge >= 0.3 is 5.97 Å². The predicted octanol–water partition coefficient (Wildman–Crippen LogP) is 1.73. The maximum Gasteiger partial charge on any atom is 0.313 e. The van der Waals surface area contributed by atoms with E-state index in [-0.39, 0.29) is 5.97 Å². The van der Waals surface area contributed by atoms with E-state index in [0.717, 1.165) is 18.7 Å². The number of rotatable bonds is 3. The molecular formula is C14H17N3O2. The summed E-state index contributed by atoms with van der Waals surface area (Å²) < 4.78 is 5.13. The molecule has 19 heavy (non-hydrogen) atoms. The molecule has 2 heterocycles. The molecule has 1 fully saturated rings. The van der Waals surface area contributed by atoms with Crippen LogP contribution >= 0.6 is 0 Å². The van der Waals surface area contributed by atoms with Gasteiger partial charge in [-0.3, -0.25) is 4.79 Å². The normalized spacial score (nSPS) is 22.1. The van der Waals surface area contributed by atoms with E-state index in [4.69, 9.17) is 10.00 Å².